The molecule has 0 unspecified atom stereocenters. The van der Waals surface area contributed by atoms with E-state index in [-0.39, 0.29) is 5.56 Å². The molecule has 6 aromatic rings. The molecule has 0 fully saturated rings. The summed E-state index contributed by atoms with van der Waals surface area (Å²) in [5, 5.41) is 6.81. The van der Waals surface area contributed by atoms with Gasteiger partial charge in [0.1, 0.15) is 10.8 Å². The molecule has 0 saturated carbocycles. The van der Waals surface area contributed by atoms with Gasteiger partial charge in [0.25, 0.3) is 5.56 Å². The lowest BCUT2D eigenvalue weighted by Gasteiger charge is -2.15. The van der Waals surface area contributed by atoms with Crippen molar-refractivity contribution >= 4 is 11.3 Å². The summed E-state index contributed by atoms with van der Waals surface area (Å²) >= 11 is 1.58. The average Bonchev–Trinajstić information content (AvgIpc) is 3.70. The largest absolute Gasteiger partial charge is 0.439 e. The highest BCUT2D eigenvalue weighted by atomic mass is 32.1. The Hall–Kier alpha value is -4.89. The molecule has 8 nitrogen and oxygen atoms in total. The highest BCUT2D eigenvalue weighted by molar-refractivity contribution is 7.13. The molecule has 0 amide bonds. The molecule has 0 aliphatic carbocycles. The summed E-state index contributed by atoms with van der Waals surface area (Å²) < 4.78 is 6.47. The van der Waals surface area contributed by atoms with Gasteiger partial charge in [-0.1, -0.05) is 97.4 Å². The highest BCUT2D eigenvalue weighted by Gasteiger charge is 2.17. The molecule has 3 heterocycles. The van der Waals surface area contributed by atoms with Crippen molar-refractivity contribution in [1.82, 2.24) is 24.7 Å². The first kappa shape index (κ1) is 28.2. The average molecular weight is 590 g/mol. The normalized spacial score (nSPS) is 11.2. The molecule has 0 spiro atoms. The van der Waals surface area contributed by atoms with Crippen LogP contribution in [0.25, 0.3) is 33.1 Å². The third-order valence-electron chi connectivity index (χ3n) is 7.47. The predicted molar refractivity (Wildman–Crippen MR) is 169 cm³/mol. The monoisotopic (exact) mass is 589 g/mol. The van der Waals surface area contributed by atoms with Gasteiger partial charge in [-0.15, -0.1) is 11.3 Å². The van der Waals surface area contributed by atoms with Gasteiger partial charge in [0.2, 0.25) is 0 Å². The molecule has 0 atom stereocenters. The van der Waals surface area contributed by atoms with E-state index in [1.165, 1.54) is 0 Å². The standard InChI is InChI=1S/C34H31N5O3S/c1-3-4-14-30-29(33(40)39(22(2)35-30)20-26-21-43-32(36-26)25-10-6-5-7-11-25)19-23-15-17-24(18-16-23)27-12-8-9-13-28(27)31-37-34(41)42-38-31/h5-13,15-18,21H,3-4,14,19-20H2,1-2H3,(H,37,38,41). The number of hydrogen-bond acceptors (Lipinski definition) is 7. The van der Waals surface area contributed by atoms with Gasteiger partial charge in [0, 0.05) is 28.5 Å². The minimum absolute atomic E-state index is 0.0164. The second kappa shape index (κ2) is 12.5. The summed E-state index contributed by atoms with van der Waals surface area (Å²) in [4.78, 5) is 37.9. The van der Waals surface area contributed by atoms with Crippen molar-refractivity contribution in [2.75, 3.05) is 0 Å². The zero-order valence-corrected chi connectivity index (χ0v) is 24.9. The van der Waals surface area contributed by atoms with Crippen molar-refractivity contribution in [2.24, 2.45) is 0 Å². The number of aromatic amines is 1. The van der Waals surface area contributed by atoms with Gasteiger partial charge in [0.05, 0.1) is 17.9 Å². The number of H-pyrrole nitrogens is 1. The van der Waals surface area contributed by atoms with Crippen LogP contribution in [0.3, 0.4) is 0 Å². The molecule has 0 radical (unpaired) electrons. The number of rotatable bonds is 10. The Morgan fingerprint density at radius 1 is 0.884 bits per heavy atom. The van der Waals surface area contributed by atoms with Crippen LogP contribution in [0.2, 0.25) is 0 Å². The number of thiazole rings is 1. The second-order valence-corrected chi connectivity index (χ2v) is 11.3. The van der Waals surface area contributed by atoms with Gasteiger partial charge in [-0.2, -0.15) is 0 Å². The third-order valence-corrected chi connectivity index (χ3v) is 8.41. The molecule has 6 rings (SSSR count). The molecule has 1 N–H and O–H groups in total. The van der Waals surface area contributed by atoms with Gasteiger partial charge < -0.3 is 0 Å². The lowest BCUT2D eigenvalue weighted by Crippen LogP contribution is -2.30. The number of benzene rings is 3. The quantitative estimate of drug-likeness (QED) is 0.191. The molecule has 0 aliphatic rings. The van der Waals surface area contributed by atoms with Crippen molar-refractivity contribution in [3.8, 4) is 33.1 Å². The summed E-state index contributed by atoms with van der Waals surface area (Å²) in [6.45, 7) is 4.42. The van der Waals surface area contributed by atoms with E-state index in [0.29, 0.717) is 24.6 Å². The van der Waals surface area contributed by atoms with E-state index in [1.54, 1.807) is 15.9 Å². The Balaban J connectivity index is 1.30. The molecular weight excluding hydrogens is 558 g/mol. The van der Waals surface area contributed by atoms with Crippen molar-refractivity contribution in [3.63, 3.8) is 0 Å². The predicted octanol–water partition coefficient (Wildman–Crippen LogP) is 6.67. The van der Waals surface area contributed by atoms with Crippen molar-refractivity contribution in [3.05, 3.63) is 133 Å². The maximum Gasteiger partial charge on any atom is 0.439 e. The van der Waals surface area contributed by atoms with E-state index in [9.17, 15) is 9.59 Å². The Morgan fingerprint density at radius 3 is 2.35 bits per heavy atom. The summed E-state index contributed by atoms with van der Waals surface area (Å²) in [6, 6.07) is 25.9. The van der Waals surface area contributed by atoms with Gasteiger partial charge in [-0.3, -0.25) is 18.9 Å². The van der Waals surface area contributed by atoms with Crippen LogP contribution in [0.1, 0.15) is 48.1 Å². The van der Waals surface area contributed by atoms with Crippen LogP contribution in [0.15, 0.2) is 98.4 Å². The van der Waals surface area contributed by atoms with Gasteiger partial charge in [-0.05, 0) is 36.5 Å². The maximum absolute atomic E-state index is 14.0. The Morgan fingerprint density at radius 2 is 1.63 bits per heavy atom. The van der Waals surface area contributed by atoms with Crippen LogP contribution < -0.4 is 11.3 Å². The number of hydrogen-bond donors (Lipinski definition) is 1. The molecule has 43 heavy (non-hydrogen) atoms. The van der Waals surface area contributed by atoms with Crippen LogP contribution >= 0.6 is 11.3 Å². The summed E-state index contributed by atoms with van der Waals surface area (Å²) in [5.74, 6) is 0.488. The lowest BCUT2D eigenvalue weighted by molar-refractivity contribution is 0.388. The number of aryl methyl sites for hydroxylation is 2. The molecule has 216 valence electrons. The second-order valence-electron chi connectivity index (χ2n) is 10.5. The smallest absolute Gasteiger partial charge is 0.296 e. The van der Waals surface area contributed by atoms with Crippen molar-refractivity contribution in [1.29, 1.82) is 0 Å². The first-order valence-corrected chi connectivity index (χ1v) is 15.2. The van der Waals surface area contributed by atoms with E-state index < -0.39 is 5.76 Å². The van der Waals surface area contributed by atoms with Gasteiger partial charge in [-0.25, -0.2) is 14.8 Å². The fraction of sp³-hybridized carbons (Fsp3) is 0.206. The zero-order valence-electron chi connectivity index (χ0n) is 24.0. The molecule has 3 aromatic carbocycles. The van der Waals surface area contributed by atoms with Crippen LogP contribution in [-0.4, -0.2) is 24.7 Å². The summed E-state index contributed by atoms with van der Waals surface area (Å²) in [6.07, 6.45) is 3.24. The third kappa shape index (κ3) is 6.17. The van der Waals surface area contributed by atoms with Gasteiger partial charge in [0.15, 0.2) is 5.82 Å². The van der Waals surface area contributed by atoms with Crippen LogP contribution in [0.5, 0.6) is 0 Å². The van der Waals surface area contributed by atoms with E-state index in [0.717, 1.165) is 69.0 Å². The first-order chi connectivity index (χ1) is 21.0. The Bertz CT molecular complexity index is 1970. The summed E-state index contributed by atoms with van der Waals surface area (Å²) in [5.41, 5.74) is 7.16. The number of nitrogens with zero attached hydrogens (tertiary/aromatic N) is 4. The number of aromatic nitrogens is 5. The number of unbranched alkanes of at least 4 members (excludes halogenated alkanes) is 1. The zero-order chi connectivity index (χ0) is 29.8. The van der Waals surface area contributed by atoms with E-state index in [1.807, 2.05) is 91.2 Å². The van der Waals surface area contributed by atoms with E-state index in [4.69, 9.17) is 14.5 Å². The molecule has 9 heteroatoms. The molecule has 0 bridgehead atoms. The van der Waals surface area contributed by atoms with Crippen LogP contribution in [0.4, 0.5) is 0 Å². The molecule has 3 aromatic heterocycles. The first-order valence-electron chi connectivity index (χ1n) is 14.3. The topological polar surface area (TPSA) is 107 Å². The van der Waals surface area contributed by atoms with E-state index >= 15 is 0 Å². The molecular formula is C34H31N5O3S. The summed E-state index contributed by atoms with van der Waals surface area (Å²) in [7, 11) is 0. The van der Waals surface area contributed by atoms with Crippen LogP contribution in [0, 0.1) is 6.92 Å². The molecule has 0 saturated heterocycles. The SMILES string of the molecule is CCCCc1nc(C)n(Cc2csc(-c3ccccc3)n2)c(=O)c1Cc1ccc(-c2ccccc2-c2noc(=O)[nH]2)cc1. The fourth-order valence-corrected chi connectivity index (χ4v) is 6.04. The fourth-order valence-electron chi connectivity index (χ4n) is 5.22. The number of nitrogens with one attached hydrogen (secondary N) is 1. The minimum Gasteiger partial charge on any atom is -0.296 e. The molecule has 0 aliphatic heterocycles. The lowest BCUT2D eigenvalue weighted by atomic mass is 9.96. The van der Waals surface area contributed by atoms with Crippen molar-refractivity contribution < 1.29 is 4.52 Å². The van der Waals surface area contributed by atoms with Gasteiger partial charge >= 0.3 is 5.76 Å². The van der Waals surface area contributed by atoms with Crippen molar-refractivity contribution in [2.45, 2.75) is 46.1 Å². The maximum atomic E-state index is 14.0. The van der Waals surface area contributed by atoms with E-state index in [2.05, 4.69) is 17.1 Å². The Labute approximate surface area is 252 Å². The van der Waals surface area contributed by atoms with Crippen LogP contribution in [-0.2, 0) is 19.4 Å². The highest BCUT2D eigenvalue weighted by Crippen LogP contribution is 2.30. The minimum atomic E-state index is -0.595. The Kier molecular flexibility index (Phi) is 8.24.